The van der Waals surface area contributed by atoms with E-state index in [1.807, 2.05) is 75.7 Å². The number of carboxylic acids is 1. The molecule has 10 heteroatoms. The van der Waals surface area contributed by atoms with E-state index in [1.165, 1.54) is 11.3 Å². The molecule has 1 atom stereocenters. The third kappa shape index (κ3) is 5.27. The topological polar surface area (TPSA) is 103 Å². The van der Waals surface area contributed by atoms with E-state index in [2.05, 4.69) is 15.0 Å². The van der Waals surface area contributed by atoms with Crippen molar-refractivity contribution in [3.63, 3.8) is 0 Å². The summed E-state index contributed by atoms with van der Waals surface area (Å²) in [6.45, 7) is 7.46. The minimum absolute atomic E-state index is 0.595. The van der Waals surface area contributed by atoms with Gasteiger partial charge in [0.1, 0.15) is 5.01 Å². The van der Waals surface area contributed by atoms with Gasteiger partial charge in [-0.15, -0.1) is 11.3 Å². The number of carboxylic acid groups (broad SMARTS) is 1. The van der Waals surface area contributed by atoms with Crippen LogP contribution in [0.3, 0.4) is 0 Å². The third-order valence-electron chi connectivity index (χ3n) is 6.90. The normalized spacial score (nSPS) is 12.7. The van der Waals surface area contributed by atoms with E-state index in [4.69, 9.17) is 21.3 Å². The van der Waals surface area contributed by atoms with Crippen LogP contribution in [0.2, 0.25) is 5.02 Å². The summed E-state index contributed by atoms with van der Waals surface area (Å²) in [6, 6.07) is 15.3. The molecule has 6 rings (SSSR count). The van der Waals surface area contributed by atoms with Gasteiger partial charge in [-0.25, -0.2) is 19.7 Å². The Labute approximate surface area is 251 Å². The predicted molar refractivity (Wildman–Crippen MR) is 167 cm³/mol. The zero-order valence-corrected chi connectivity index (χ0v) is 25.3. The Morgan fingerprint density at radius 2 is 1.79 bits per heavy atom. The van der Waals surface area contributed by atoms with Crippen LogP contribution in [0.4, 0.5) is 0 Å². The summed E-state index contributed by atoms with van der Waals surface area (Å²) in [4.78, 5) is 31.0. The predicted octanol–water partition coefficient (Wildman–Crippen LogP) is 7.88. The van der Waals surface area contributed by atoms with Crippen molar-refractivity contribution in [1.82, 2.24) is 24.5 Å². The van der Waals surface area contributed by atoms with Gasteiger partial charge in [-0.2, -0.15) is 0 Å². The van der Waals surface area contributed by atoms with E-state index in [0.29, 0.717) is 16.2 Å². The highest BCUT2D eigenvalue weighted by atomic mass is 35.5. The van der Waals surface area contributed by atoms with Gasteiger partial charge in [0.15, 0.2) is 11.8 Å². The Bertz CT molecular complexity index is 1980. The molecule has 42 heavy (non-hydrogen) atoms. The molecule has 0 amide bonds. The molecule has 0 bridgehead atoms. The lowest BCUT2D eigenvalue weighted by Gasteiger charge is -2.28. The van der Waals surface area contributed by atoms with Gasteiger partial charge >= 0.3 is 5.97 Å². The second kappa shape index (κ2) is 10.6. The molecule has 0 aliphatic carbocycles. The highest BCUT2D eigenvalue weighted by molar-refractivity contribution is 7.22. The Hall–Kier alpha value is -4.18. The van der Waals surface area contributed by atoms with Gasteiger partial charge in [0.2, 0.25) is 0 Å². The number of carbonyl (C=O) groups is 1. The Morgan fingerprint density at radius 3 is 2.50 bits per heavy atom. The fourth-order valence-electron chi connectivity index (χ4n) is 5.03. The number of nitrogens with zero attached hydrogens (tertiary/aromatic N) is 5. The molecule has 0 saturated heterocycles. The number of thiazole rings is 1. The number of fused-ring (bicyclic) bond motifs is 2. The lowest BCUT2D eigenvalue weighted by atomic mass is 9.91. The van der Waals surface area contributed by atoms with Gasteiger partial charge in [-0.05, 0) is 75.2 Å². The fraction of sp³-hybridized carbons (Fsp3) is 0.219. The van der Waals surface area contributed by atoms with Gasteiger partial charge in [-0.1, -0.05) is 23.7 Å². The van der Waals surface area contributed by atoms with Crippen molar-refractivity contribution in [2.75, 3.05) is 0 Å². The Kier molecular flexibility index (Phi) is 7.04. The van der Waals surface area contributed by atoms with Crippen LogP contribution in [-0.2, 0) is 16.6 Å². The average molecular weight is 598 g/mol. The second-order valence-corrected chi connectivity index (χ2v) is 12.6. The van der Waals surface area contributed by atoms with Gasteiger partial charge in [-0.3, -0.25) is 4.98 Å². The van der Waals surface area contributed by atoms with Gasteiger partial charge in [0, 0.05) is 46.7 Å². The molecular weight excluding hydrogens is 570 g/mol. The second-order valence-electron chi connectivity index (χ2n) is 11.2. The number of halogens is 1. The molecule has 0 fully saturated rings. The summed E-state index contributed by atoms with van der Waals surface area (Å²) < 4.78 is 8.92. The van der Waals surface area contributed by atoms with Crippen molar-refractivity contribution in [2.45, 2.75) is 39.4 Å². The van der Waals surface area contributed by atoms with E-state index in [0.717, 1.165) is 54.3 Å². The SMILES string of the molecule is Cc1cc2nc(-c3ccnc(-c4cnc5ncn(C)c5c4)c3)sc2c(-c2ccc(Cl)cc2)c1[C@H](OC(C)(C)C)C(=O)O. The van der Waals surface area contributed by atoms with Gasteiger partial charge in [0.25, 0.3) is 0 Å². The average Bonchev–Trinajstić information content (AvgIpc) is 3.54. The molecule has 0 aliphatic heterocycles. The Morgan fingerprint density at radius 1 is 1.02 bits per heavy atom. The third-order valence-corrected chi connectivity index (χ3v) is 8.29. The summed E-state index contributed by atoms with van der Waals surface area (Å²) in [5, 5.41) is 11.7. The zero-order chi connectivity index (χ0) is 29.8. The van der Waals surface area contributed by atoms with Crippen LogP contribution >= 0.6 is 22.9 Å². The smallest absolute Gasteiger partial charge is 0.337 e. The van der Waals surface area contributed by atoms with Crippen LogP contribution < -0.4 is 0 Å². The van der Waals surface area contributed by atoms with E-state index in [9.17, 15) is 9.90 Å². The summed E-state index contributed by atoms with van der Waals surface area (Å²) in [5.41, 5.74) is 7.24. The quantitative estimate of drug-likeness (QED) is 0.208. The minimum Gasteiger partial charge on any atom is -0.479 e. The monoisotopic (exact) mass is 597 g/mol. The number of rotatable bonds is 6. The zero-order valence-electron chi connectivity index (χ0n) is 23.7. The highest BCUT2D eigenvalue weighted by Gasteiger charge is 2.32. The van der Waals surface area contributed by atoms with Crippen LogP contribution in [0.15, 0.2) is 67.3 Å². The standard InChI is InChI=1S/C32H28ClN5O3S/c1-17-12-23-28(26(18-6-8-21(33)9-7-18)25(17)27(31(39)40)41-32(2,3)4)42-30(37-23)19-10-11-34-22(13-19)20-14-24-29(35-15-20)36-16-38(24)5/h6-16,27H,1-5H3,(H,39,40)/t27-/m0/s1. The van der Waals surface area contributed by atoms with E-state index in [1.54, 1.807) is 30.9 Å². The van der Waals surface area contributed by atoms with Crippen molar-refractivity contribution < 1.29 is 14.6 Å². The van der Waals surface area contributed by atoms with Gasteiger partial charge < -0.3 is 14.4 Å². The van der Waals surface area contributed by atoms with E-state index >= 15 is 0 Å². The molecule has 212 valence electrons. The first-order chi connectivity index (χ1) is 20.0. The number of hydrogen-bond acceptors (Lipinski definition) is 7. The highest BCUT2D eigenvalue weighted by Crippen LogP contribution is 2.44. The molecular formula is C32H28ClN5O3S. The minimum atomic E-state index is -1.17. The summed E-state index contributed by atoms with van der Waals surface area (Å²) in [7, 11) is 1.93. The molecule has 6 aromatic rings. The summed E-state index contributed by atoms with van der Waals surface area (Å²) >= 11 is 7.73. The molecule has 2 aromatic carbocycles. The maximum absolute atomic E-state index is 12.6. The van der Waals surface area contributed by atoms with Crippen molar-refractivity contribution in [1.29, 1.82) is 0 Å². The molecule has 8 nitrogen and oxygen atoms in total. The molecule has 0 radical (unpaired) electrons. The first kappa shape index (κ1) is 28.0. The van der Waals surface area contributed by atoms with Crippen LogP contribution in [0, 0.1) is 6.92 Å². The first-order valence-electron chi connectivity index (χ1n) is 13.3. The first-order valence-corrected chi connectivity index (χ1v) is 14.5. The summed E-state index contributed by atoms with van der Waals surface area (Å²) in [6.07, 6.45) is 4.10. The number of ether oxygens (including phenoxy) is 1. The molecule has 0 aliphatic rings. The number of aryl methyl sites for hydroxylation is 2. The molecule has 4 aromatic heterocycles. The lowest BCUT2D eigenvalue weighted by Crippen LogP contribution is -2.28. The van der Waals surface area contributed by atoms with Gasteiger partial charge in [0.05, 0.1) is 33.4 Å². The van der Waals surface area contributed by atoms with Crippen LogP contribution in [-0.4, -0.2) is 41.2 Å². The number of imidazole rings is 1. The summed E-state index contributed by atoms with van der Waals surface area (Å²) in [5.74, 6) is -1.05. The number of aliphatic carboxylic acids is 1. The van der Waals surface area contributed by atoms with Crippen molar-refractivity contribution >= 4 is 50.3 Å². The molecule has 0 spiro atoms. The number of pyridine rings is 2. The van der Waals surface area contributed by atoms with Crippen molar-refractivity contribution in [2.24, 2.45) is 7.05 Å². The van der Waals surface area contributed by atoms with Crippen LogP contribution in [0.25, 0.3) is 54.3 Å². The molecule has 4 heterocycles. The largest absolute Gasteiger partial charge is 0.479 e. The van der Waals surface area contributed by atoms with E-state index in [-0.39, 0.29) is 0 Å². The lowest BCUT2D eigenvalue weighted by molar-refractivity contribution is -0.160. The van der Waals surface area contributed by atoms with Crippen molar-refractivity contribution in [3.8, 4) is 33.0 Å². The number of benzene rings is 2. The molecule has 0 saturated carbocycles. The Balaban J connectivity index is 1.53. The number of aromatic nitrogens is 5. The molecule has 1 N–H and O–H groups in total. The van der Waals surface area contributed by atoms with Crippen LogP contribution in [0.1, 0.15) is 38.0 Å². The number of hydrogen-bond donors (Lipinski definition) is 1. The fourth-order valence-corrected chi connectivity index (χ4v) is 6.28. The van der Waals surface area contributed by atoms with E-state index < -0.39 is 17.7 Å². The maximum Gasteiger partial charge on any atom is 0.337 e. The molecule has 0 unspecified atom stereocenters. The van der Waals surface area contributed by atoms with Crippen LogP contribution in [0.5, 0.6) is 0 Å². The maximum atomic E-state index is 12.6. The van der Waals surface area contributed by atoms with Crippen molar-refractivity contribution in [3.05, 3.63) is 83.4 Å².